The highest BCUT2D eigenvalue weighted by Gasteiger charge is 2.29. The molecule has 1 aromatic carbocycles. The van der Waals surface area contributed by atoms with E-state index in [-0.39, 0.29) is 5.91 Å². The number of nitrogens with one attached hydrogen (secondary N) is 1. The summed E-state index contributed by atoms with van der Waals surface area (Å²) in [4.78, 5) is 14.1. The van der Waals surface area contributed by atoms with Crippen molar-refractivity contribution in [2.75, 3.05) is 13.6 Å². The quantitative estimate of drug-likeness (QED) is 0.906. The Morgan fingerprint density at radius 1 is 1.44 bits per heavy atom. The van der Waals surface area contributed by atoms with Crippen LogP contribution in [0.15, 0.2) is 28.7 Å². The molecule has 0 saturated heterocycles. The minimum Gasteiger partial charge on any atom is -0.340 e. The largest absolute Gasteiger partial charge is 0.340 e. The predicted molar refractivity (Wildman–Crippen MR) is 78.4 cm³/mol. The lowest BCUT2D eigenvalue weighted by Crippen LogP contribution is -2.52. The van der Waals surface area contributed by atoms with Crippen LogP contribution in [-0.2, 0) is 11.3 Å². The molecule has 0 aliphatic heterocycles. The fourth-order valence-corrected chi connectivity index (χ4v) is 2.42. The lowest BCUT2D eigenvalue weighted by molar-refractivity contribution is -0.136. The topological polar surface area (TPSA) is 32.3 Å². The average molecular weight is 313 g/mol. The van der Waals surface area contributed by atoms with Crippen molar-refractivity contribution in [2.24, 2.45) is 0 Å². The minimum atomic E-state index is -0.518. The van der Waals surface area contributed by atoms with E-state index < -0.39 is 5.54 Å². The summed E-state index contributed by atoms with van der Waals surface area (Å²) >= 11 is 3.44. The summed E-state index contributed by atoms with van der Waals surface area (Å²) in [6.45, 7) is 7.23. The van der Waals surface area contributed by atoms with Gasteiger partial charge in [-0.05, 0) is 38.1 Å². The number of carbonyl (C=O) groups is 1. The zero-order valence-electron chi connectivity index (χ0n) is 11.5. The smallest absolute Gasteiger partial charge is 0.242 e. The second-order valence-electron chi connectivity index (χ2n) is 4.95. The van der Waals surface area contributed by atoms with Gasteiger partial charge in [0.25, 0.3) is 0 Å². The number of likely N-dealkylation sites (N-methyl/N-ethyl adjacent to an activating group) is 2. The molecule has 0 atom stereocenters. The number of hydrogen-bond donors (Lipinski definition) is 1. The maximum Gasteiger partial charge on any atom is 0.242 e. The third-order valence-corrected chi connectivity index (χ3v) is 3.30. The van der Waals surface area contributed by atoms with Gasteiger partial charge in [-0.25, -0.2) is 0 Å². The summed E-state index contributed by atoms with van der Waals surface area (Å²) in [5, 5.41) is 3.20. The Bertz CT molecular complexity index is 418. The van der Waals surface area contributed by atoms with Crippen molar-refractivity contribution >= 4 is 21.8 Å². The fraction of sp³-hybridized carbons (Fsp3) is 0.500. The first kappa shape index (κ1) is 15.2. The van der Waals surface area contributed by atoms with Crippen LogP contribution < -0.4 is 5.32 Å². The zero-order valence-corrected chi connectivity index (χ0v) is 13.0. The lowest BCUT2D eigenvalue weighted by atomic mass is 10.0. The molecule has 100 valence electrons. The number of hydrogen-bond acceptors (Lipinski definition) is 2. The summed E-state index contributed by atoms with van der Waals surface area (Å²) in [7, 11) is 1.84. The van der Waals surface area contributed by atoms with Crippen molar-refractivity contribution < 1.29 is 4.79 Å². The maximum absolute atomic E-state index is 12.3. The van der Waals surface area contributed by atoms with Crippen LogP contribution >= 0.6 is 15.9 Å². The maximum atomic E-state index is 12.3. The van der Waals surface area contributed by atoms with Crippen LogP contribution in [0, 0.1) is 0 Å². The highest BCUT2D eigenvalue weighted by Crippen LogP contribution is 2.15. The monoisotopic (exact) mass is 312 g/mol. The molecule has 1 aromatic rings. The molecule has 0 aromatic heterocycles. The number of halogens is 1. The van der Waals surface area contributed by atoms with Crippen LogP contribution in [0.4, 0.5) is 0 Å². The number of benzene rings is 1. The molecule has 4 heteroatoms. The van der Waals surface area contributed by atoms with Gasteiger partial charge < -0.3 is 10.2 Å². The Hall–Kier alpha value is -0.870. The van der Waals surface area contributed by atoms with Crippen molar-refractivity contribution in [1.29, 1.82) is 0 Å². The van der Waals surface area contributed by atoms with Gasteiger partial charge in [-0.3, -0.25) is 4.79 Å². The fourth-order valence-electron chi connectivity index (χ4n) is 1.98. The van der Waals surface area contributed by atoms with Gasteiger partial charge in [-0.1, -0.05) is 35.0 Å². The molecule has 0 fully saturated rings. The van der Waals surface area contributed by atoms with E-state index in [1.54, 1.807) is 4.90 Å². The second kappa shape index (κ2) is 6.34. The van der Waals surface area contributed by atoms with Crippen molar-refractivity contribution in [3.63, 3.8) is 0 Å². The first-order valence-electron chi connectivity index (χ1n) is 6.12. The molecule has 0 aliphatic rings. The Labute approximate surface area is 118 Å². The third-order valence-electron chi connectivity index (χ3n) is 2.81. The minimum absolute atomic E-state index is 0.101. The lowest BCUT2D eigenvalue weighted by Gasteiger charge is -2.30. The van der Waals surface area contributed by atoms with Crippen molar-refractivity contribution in [3.05, 3.63) is 34.3 Å². The van der Waals surface area contributed by atoms with Gasteiger partial charge in [0.05, 0.1) is 5.54 Å². The molecule has 1 rings (SSSR count). The second-order valence-corrected chi connectivity index (χ2v) is 5.86. The third kappa shape index (κ3) is 4.10. The molecule has 0 heterocycles. The SMILES string of the molecule is CCNC(C)(C)C(=O)N(C)Cc1cccc(Br)c1. The van der Waals surface area contributed by atoms with E-state index in [0.29, 0.717) is 6.54 Å². The molecule has 0 radical (unpaired) electrons. The molecule has 0 aliphatic carbocycles. The van der Waals surface area contributed by atoms with Crippen LogP contribution in [0.2, 0.25) is 0 Å². The Kier molecular flexibility index (Phi) is 5.35. The highest BCUT2D eigenvalue weighted by atomic mass is 79.9. The molecule has 3 nitrogen and oxygen atoms in total. The molecule has 1 amide bonds. The summed E-state index contributed by atoms with van der Waals surface area (Å²) in [5.41, 5.74) is 0.600. The Morgan fingerprint density at radius 2 is 2.11 bits per heavy atom. The van der Waals surface area contributed by atoms with Gasteiger partial charge in [0, 0.05) is 18.1 Å². The van der Waals surface area contributed by atoms with Gasteiger partial charge in [0.15, 0.2) is 0 Å². The number of amides is 1. The van der Waals surface area contributed by atoms with Crippen LogP contribution in [0.25, 0.3) is 0 Å². The normalized spacial score (nSPS) is 11.4. The van der Waals surface area contributed by atoms with Crippen molar-refractivity contribution in [1.82, 2.24) is 10.2 Å². The molecule has 1 N–H and O–H groups in total. The average Bonchev–Trinajstić information content (AvgIpc) is 2.27. The molecule has 0 unspecified atom stereocenters. The molecule has 0 bridgehead atoms. The first-order chi connectivity index (χ1) is 8.36. The standard InChI is InChI=1S/C14H21BrN2O/c1-5-16-14(2,3)13(18)17(4)10-11-7-6-8-12(15)9-11/h6-9,16H,5,10H2,1-4H3. The molecule has 0 saturated carbocycles. The van der Waals surface area contributed by atoms with E-state index in [4.69, 9.17) is 0 Å². The van der Waals surface area contributed by atoms with E-state index in [1.807, 2.05) is 52.1 Å². The summed E-state index contributed by atoms with van der Waals surface area (Å²) in [5.74, 6) is 0.101. The summed E-state index contributed by atoms with van der Waals surface area (Å²) in [6.07, 6.45) is 0. The van der Waals surface area contributed by atoms with Gasteiger partial charge in [-0.15, -0.1) is 0 Å². The molecule has 0 spiro atoms. The van der Waals surface area contributed by atoms with Crippen LogP contribution in [-0.4, -0.2) is 29.9 Å². The van der Waals surface area contributed by atoms with Crippen molar-refractivity contribution in [3.8, 4) is 0 Å². The predicted octanol–water partition coefficient (Wildman–Crippen LogP) is 2.80. The van der Waals surface area contributed by atoms with Gasteiger partial charge in [0.2, 0.25) is 5.91 Å². The van der Waals surface area contributed by atoms with E-state index >= 15 is 0 Å². The Morgan fingerprint density at radius 3 is 2.67 bits per heavy atom. The Balaban J connectivity index is 2.71. The van der Waals surface area contributed by atoms with Crippen LogP contribution in [0.5, 0.6) is 0 Å². The van der Waals surface area contributed by atoms with E-state index in [9.17, 15) is 4.79 Å². The number of nitrogens with zero attached hydrogens (tertiary/aromatic N) is 1. The summed E-state index contributed by atoms with van der Waals surface area (Å²) < 4.78 is 1.03. The molecule has 18 heavy (non-hydrogen) atoms. The first-order valence-corrected chi connectivity index (χ1v) is 6.91. The molecular formula is C14H21BrN2O. The van der Waals surface area contributed by atoms with E-state index in [0.717, 1.165) is 16.6 Å². The highest BCUT2D eigenvalue weighted by molar-refractivity contribution is 9.10. The summed E-state index contributed by atoms with van der Waals surface area (Å²) in [6, 6.07) is 8.01. The van der Waals surface area contributed by atoms with Gasteiger partial charge in [0.1, 0.15) is 0 Å². The van der Waals surface area contributed by atoms with Crippen molar-refractivity contribution in [2.45, 2.75) is 32.9 Å². The number of rotatable bonds is 5. The van der Waals surface area contributed by atoms with E-state index in [1.165, 1.54) is 0 Å². The number of carbonyl (C=O) groups excluding carboxylic acids is 1. The van der Waals surface area contributed by atoms with Crippen LogP contribution in [0.3, 0.4) is 0 Å². The zero-order chi connectivity index (χ0) is 13.8. The molecular weight excluding hydrogens is 292 g/mol. The van der Waals surface area contributed by atoms with Gasteiger partial charge >= 0.3 is 0 Å². The van der Waals surface area contributed by atoms with Gasteiger partial charge in [-0.2, -0.15) is 0 Å². The van der Waals surface area contributed by atoms with Crippen LogP contribution in [0.1, 0.15) is 26.3 Å². The van der Waals surface area contributed by atoms with E-state index in [2.05, 4.69) is 21.2 Å².